The molecule has 0 aromatic carbocycles. The van der Waals surface area contributed by atoms with Gasteiger partial charge in [-0.05, 0) is 13.8 Å². The largest absolute Gasteiger partial charge is 0.397 e. The molecule has 3 heteroatoms. The number of hydrogen-bond donors (Lipinski definition) is 0. The van der Waals surface area contributed by atoms with Crippen molar-refractivity contribution in [3.8, 4) is 0 Å². The molecule has 0 amide bonds. The first kappa shape index (κ1) is 12.6. The summed E-state index contributed by atoms with van der Waals surface area (Å²) in [7, 11) is 1.52. The van der Waals surface area contributed by atoms with E-state index < -0.39 is 8.56 Å². The molecule has 0 heterocycles. The van der Waals surface area contributed by atoms with Gasteiger partial charge in [-0.15, -0.1) is 0 Å². The summed E-state index contributed by atoms with van der Waals surface area (Å²) in [6, 6.07) is 1.84. The van der Waals surface area contributed by atoms with E-state index in [4.69, 9.17) is 8.85 Å². The standard InChI is InChI=1S/C10H20O2Si/c1-5-7-9-13(11-3,12-4)10-8-6-2/h5-8H,9-10H2,1-4H3/b7-5+,8-6+. The van der Waals surface area contributed by atoms with Crippen LogP contribution in [0.5, 0.6) is 0 Å². The first-order valence-corrected chi connectivity index (χ1v) is 6.80. The van der Waals surface area contributed by atoms with Crippen LogP contribution in [0.25, 0.3) is 0 Å². The van der Waals surface area contributed by atoms with Gasteiger partial charge in [0, 0.05) is 26.3 Å². The molecule has 13 heavy (non-hydrogen) atoms. The Morgan fingerprint density at radius 3 is 1.54 bits per heavy atom. The molecule has 0 aliphatic rings. The van der Waals surface area contributed by atoms with Gasteiger partial charge in [-0.25, -0.2) is 0 Å². The highest BCUT2D eigenvalue weighted by atomic mass is 28.4. The topological polar surface area (TPSA) is 18.5 Å². The van der Waals surface area contributed by atoms with Gasteiger partial charge in [0.15, 0.2) is 0 Å². The Morgan fingerprint density at radius 2 is 1.31 bits per heavy atom. The fraction of sp³-hybridized carbons (Fsp3) is 0.600. The summed E-state index contributed by atoms with van der Waals surface area (Å²) in [6.45, 7) is 4.03. The Kier molecular flexibility index (Phi) is 6.85. The minimum Gasteiger partial charge on any atom is -0.397 e. The predicted molar refractivity (Wildman–Crippen MR) is 59.0 cm³/mol. The maximum absolute atomic E-state index is 5.51. The third-order valence-electron chi connectivity index (χ3n) is 2.07. The molecule has 0 rings (SSSR count). The van der Waals surface area contributed by atoms with Gasteiger partial charge in [-0.3, -0.25) is 0 Å². The van der Waals surface area contributed by atoms with E-state index in [9.17, 15) is 0 Å². The van der Waals surface area contributed by atoms with Gasteiger partial charge in [0.1, 0.15) is 0 Å². The second-order valence-electron chi connectivity index (χ2n) is 2.87. The molecule has 0 fully saturated rings. The highest BCUT2D eigenvalue weighted by Gasteiger charge is 2.32. The van der Waals surface area contributed by atoms with E-state index in [0.29, 0.717) is 0 Å². The highest BCUT2D eigenvalue weighted by Crippen LogP contribution is 2.18. The number of rotatable bonds is 6. The van der Waals surface area contributed by atoms with Gasteiger partial charge < -0.3 is 8.85 Å². The second-order valence-corrected chi connectivity index (χ2v) is 6.32. The zero-order valence-electron chi connectivity index (χ0n) is 9.04. The fourth-order valence-corrected chi connectivity index (χ4v) is 3.28. The Balaban J connectivity index is 4.29. The molecule has 0 spiro atoms. The van der Waals surface area contributed by atoms with Crippen LogP contribution in [0.2, 0.25) is 12.1 Å². The molecular formula is C10H20O2Si. The SMILES string of the molecule is C/C=C/C[Si](C/C=C/C)(OC)OC. The van der Waals surface area contributed by atoms with E-state index in [1.807, 2.05) is 26.0 Å². The van der Waals surface area contributed by atoms with E-state index >= 15 is 0 Å². The smallest absolute Gasteiger partial charge is 0.345 e. The lowest BCUT2D eigenvalue weighted by Gasteiger charge is -2.24. The van der Waals surface area contributed by atoms with Crippen LogP contribution < -0.4 is 0 Å². The number of allylic oxidation sites excluding steroid dienone is 4. The van der Waals surface area contributed by atoms with Crippen molar-refractivity contribution in [1.29, 1.82) is 0 Å². The maximum atomic E-state index is 5.51. The first-order valence-electron chi connectivity index (χ1n) is 4.57. The Bertz CT molecular complexity index is 156. The Labute approximate surface area is 82.5 Å². The Hall–Kier alpha value is -0.383. The van der Waals surface area contributed by atoms with Crippen molar-refractivity contribution >= 4 is 8.56 Å². The third kappa shape index (κ3) is 4.41. The van der Waals surface area contributed by atoms with Gasteiger partial charge in [0.2, 0.25) is 0 Å². The molecule has 76 valence electrons. The Morgan fingerprint density at radius 1 is 0.923 bits per heavy atom. The van der Waals surface area contributed by atoms with Gasteiger partial charge in [-0.2, -0.15) is 0 Å². The molecule has 0 atom stereocenters. The summed E-state index contributed by atoms with van der Waals surface area (Å²) in [4.78, 5) is 0. The second kappa shape index (κ2) is 7.06. The quantitative estimate of drug-likeness (QED) is 0.485. The molecule has 0 aromatic rings. The van der Waals surface area contributed by atoms with Gasteiger partial charge in [0.05, 0.1) is 0 Å². The molecule has 0 bridgehead atoms. The van der Waals surface area contributed by atoms with Gasteiger partial charge in [-0.1, -0.05) is 24.3 Å². The normalized spacial score (nSPS) is 13.2. The number of hydrogen-bond acceptors (Lipinski definition) is 2. The average molecular weight is 200 g/mol. The van der Waals surface area contributed by atoms with E-state index in [1.165, 1.54) is 0 Å². The summed E-state index contributed by atoms with van der Waals surface area (Å²) in [5.41, 5.74) is 0. The molecule has 0 aliphatic heterocycles. The maximum Gasteiger partial charge on any atom is 0.345 e. The summed E-state index contributed by atoms with van der Waals surface area (Å²) in [6.07, 6.45) is 8.30. The van der Waals surface area contributed by atoms with Crippen molar-refractivity contribution < 1.29 is 8.85 Å². The van der Waals surface area contributed by atoms with Crippen LogP contribution in [0.15, 0.2) is 24.3 Å². The first-order chi connectivity index (χ1) is 6.24. The van der Waals surface area contributed by atoms with Crippen molar-refractivity contribution in [3.63, 3.8) is 0 Å². The summed E-state index contributed by atoms with van der Waals surface area (Å²) >= 11 is 0. The average Bonchev–Trinajstić information content (AvgIpc) is 2.20. The lowest BCUT2D eigenvalue weighted by molar-refractivity contribution is 0.248. The molecule has 0 aliphatic carbocycles. The lowest BCUT2D eigenvalue weighted by atomic mass is 10.6. The van der Waals surface area contributed by atoms with Crippen molar-refractivity contribution in [3.05, 3.63) is 24.3 Å². The van der Waals surface area contributed by atoms with Crippen molar-refractivity contribution in [2.24, 2.45) is 0 Å². The minimum atomic E-state index is -1.96. The molecule has 0 aromatic heterocycles. The fourth-order valence-electron chi connectivity index (χ4n) is 1.09. The van der Waals surface area contributed by atoms with Crippen molar-refractivity contribution in [1.82, 2.24) is 0 Å². The molecular weight excluding hydrogens is 180 g/mol. The minimum absolute atomic E-state index is 0.918. The van der Waals surface area contributed by atoms with Crippen LogP contribution in [-0.4, -0.2) is 22.8 Å². The molecule has 0 unspecified atom stereocenters. The molecule has 0 N–H and O–H groups in total. The molecule has 2 nitrogen and oxygen atoms in total. The predicted octanol–water partition coefficient (Wildman–Crippen LogP) is 2.87. The van der Waals surface area contributed by atoms with Crippen LogP contribution in [0.4, 0.5) is 0 Å². The zero-order valence-corrected chi connectivity index (χ0v) is 10.0. The molecule has 0 radical (unpaired) electrons. The van der Waals surface area contributed by atoms with Crippen LogP contribution in [0.3, 0.4) is 0 Å². The molecule has 0 saturated carbocycles. The van der Waals surface area contributed by atoms with E-state index in [2.05, 4.69) is 12.2 Å². The van der Waals surface area contributed by atoms with Gasteiger partial charge in [0.25, 0.3) is 0 Å². The monoisotopic (exact) mass is 200 g/mol. The lowest BCUT2D eigenvalue weighted by Crippen LogP contribution is -2.38. The van der Waals surface area contributed by atoms with E-state index in [0.717, 1.165) is 12.1 Å². The van der Waals surface area contributed by atoms with E-state index in [-0.39, 0.29) is 0 Å². The summed E-state index contributed by atoms with van der Waals surface area (Å²) in [5, 5.41) is 0. The van der Waals surface area contributed by atoms with Crippen molar-refractivity contribution in [2.75, 3.05) is 14.2 Å². The van der Waals surface area contributed by atoms with E-state index in [1.54, 1.807) is 14.2 Å². The third-order valence-corrected chi connectivity index (χ3v) is 5.28. The van der Waals surface area contributed by atoms with Crippen LogP contribution >= 0.6 is 0 Å². The van der Waals surface area contributed by atoms with Gasteiger partial charge >= 0.3 is 8.56 Å². The van der Waals surface area contributed by atoms with Crippen LogP contribution in [0, 0.1) is 0 Å². The molecule has 0 saturated heterocycles. The highest BCUT2D eigenvalue weighted by molar-refractivity contribution is 6.68. The van der Waals surface area contributed by atoms with Crippen molar-refractivity contribution in [2.45, 2.75) is 25.9 Å². The van der Waals surface area contributed by atoms with Crippen LogP contribution in [-0.2, 0) is 8.85 Å². The van der Waals surface area contributed by atoms with Crippen LogP contribution in [0.1, 0.15) is 13.8 Å². The zero-order chi connectivity index (χ0) is 10.2. The summed E-state index contributed by atoms with van der Waals surface area (Å²) < 4.78 is 11.0. The summed E-state index contributed by atoms with van der Waals surface area (Å²) in [5.74, 6) is 0.